The van der Waals surface area contributed by atoms with Crippen LogP contribution in [-0.2, 0) is 9.59 Å². The zero-order chi connectivity index (χ0) is 22.5. The van der Waals surface area contributed by atoms with Crippen molar-refractivity contribution in [2.45, 2.75) is 31.2 Å². The molecule has 3 fully saturated rings. The molecule has 166 valence electrons. The van der Waals surface area contributed by atoms with Gasteiger partial charge in [0, 0.05) is 36.3 Å². The van der Waals surface area contributed by atoms with Gasteiger partial charge in [-0.3, -0.25) is 24.7 Å². The summed E-state index contributed by atoms with van der Waals surface area (Å²) in [5, 5.41) is 2.78. The first-order valence-electron chi connectivity index (χ1n) is 10.9. The number of hydrogen-bond acceptors (Lipinski definition) is 4. The van der Waals surface area contributed by atoms with E-state index < -0.39 is 6.03 Å². The highest BCUT2D eigenvalue weighted by atomic mass is 35.5. The third kappa shape index (κ3) is 3.45. The number of imide groups is 1. The van der Waals surface area contributed by atoms with E-state index in [4.69, 9.17) is 11.6 Å². The summed E-state index contributed by atoms with van der Waals surface area (Å²) < 4.78 is 0. The van der Waals surface area contributed by atoms with Crippen molar-refractivity contribution in [3.05, 3.63) is 47.5 Å². The second-order valence-electron chi connectivity index (χ2n) is 8.85. The molecular formula is C24H25ClN4O3. The molecule has 2 aliphatic heterocycles. The monoisotopic (exact) mass is 452 g/mol. The van der Waals surface area contributed by atoms with Gasteiger partial charge < -0.3 is 4.90 Å². The highest BCUT2D eigenvalue weighted by Gasteiger charge is 2.47. The molecule has 5 rings (SSSR count). The number of rotatable bonds is 3. The number of amides is 4. The van der Waals surface area contributed by atoms with Crippen molar-refractivity contribution in [1.82, 2.24) is 10.2 Å². The van der Waals surface area contributed by atoms with Gasteiger partial charge in [0.1, 0.15) is 0 Å². The highest BCUT2D eigenvalue weighted by Crippen LogP contribution is 2.41. The molecular weight excluding hydrogens is 428 g/mol. The van der Waals surface area contributed by atoms with Gasteiger partial charge in [0.15, 0.2) is 0 Å². The van der Waals surface area contributed by atoms with Gasteiger partial charge in [-0.1, -0.05) is 35.9 Å². The average Bonchev–Trinajstić information content (AvgIpc) is 2.74. The normalized spacial score (nSPS) is 21.0. The Morgan fingerprint density at radius 2 is 1.75 bits per heavy atom. The first-order chi connectivity index (χ1) is 15.4. The molecule has 2 saturated heterocycles. The molecule has 1 spiro atoms. The van der Waals surface area contributed by atoms with Crippen LogP contribution < -0.4 is 15.1 Å². The summed E-state index contributed by atoms with van der Waals surface area (Å²) in [5.74, 6) is -0.167. The highest BCUT2D eigenvalue weighted by molar-refractivity contribution is 6.36. The van der Waals surface area contributed by atoms with E-state index in [9.17, 15) is 14.4 Å². The van der Waals surface area contributed by atoms with Crippen molar-refractivity contribution in [3.63, 3.8) is 0 Å². The van der Waals surface area contributed by atoms with Crippen LogP contribution in [0.25, 0.3) is 11.1 Å². The molecule has 2 heterocycles. The summed E-state index contributed by atoms with van der Waals surface area (Å²) >= 11 is 6.69. The molecule has 1 saturated carbocycles. The molecule has 1 aliphatic carbocycles. The van der Waals surface area contributed by atoms with Crippen molar-refractivity contribution < 1.29 is 14.4 Å². The Labute approximate surface area is 191 Å². The van der Waals surface area contributed by atoms with Crippen LogP contribution >= 0.6 is 11.6 Å². The fourth-order valence-electron chi connectivity index (χ4n) is 4.89. The zero-order valence-electron chi connectivity index (χ0n) is 17.9. The first-order valence-corrected chi connectivity index (χ1v) is 11.3. The number of urea groups is 1. The Bertz CT molecular complexity index is 1100. The van der Waals surface area contributed by atoms with E-state index in [2.05, 4.69) is 10.2 Å². The molecule has 2 aromatic rings. The molecule has 3 aliphatic rings. The van der Waals surface area contributed by atoms with Crippen LogP contribution in [0.1, 0.15) is 25.7 Å². The molecule has 0 unspecified atom stereocenters. The molecule has 8 heteroatoms. The minimum Gasteiger partial charge on any atom is -0.309 e. The molecule has 0 atom stereocenters. The Morgan fingerprint density at radius 1 is 1.00 bits per heavy atom. The van der Waals surface area contributed by atoms with Crippen LogP contribution in [0, 0.1) is 0 Å². The molecule has 1 N–H and O–H groups in total. The summed E-state index contributed by atoms with van der Waals surface area (Å²) in [4.78, 5) is 42.0. The molecule has 2 aromatic carbocycles. The maximum absolute atomic E-state index is 12.7. The lowest BCUT2D eigenvalue weighted by atomic mass is 9.74. The van der Waals surface area contributed by atoms with Crippen molar-refractivity contribution in [3.8, 4) is 11.1 Å². The van der Waals surface area contributed by atoms with Crippen molar-refractivity contribution in [1.29, 1.82) is 0 Å². The summed E-state index contributed by atoms with van der Waals surface area (Å²) in [6.45, 7) is 1.46. The minimum atomic E-state index is -0.464. The number of piperazine rings is 1. The predicted octanol–water partition coefficient (Wildman–Crippen LogP) is 3.65. The van der Waals surface area contributed by atoms with Crippen LogP contribution in [0.4, 0.5) is 16.2 Å². The lowest BCUT2D eigenvalue weighted by molar-refractivity contribution is -0.126. The molecule has 0 aromatic heterocycles. The van der Waals surface area contributed by atoms with Gasteiger partial charge in [-0.15, -0.1) is 0 Å². The Kier molecular flexibility index (Phi) is 5.18. The Morgan fingerprint density at radius 3 is 2.41 bits per heavy atom. The standard InChI is InChI=1S/C24H25ClN4O3/c1-27-14-21(31)29(15-24(27)11-3-12-24)17-8-6-16(7-9-17)18-4-2-5-19(22(18)25)28-13-10-20(30)26-23(28)32/h2,4-9H,3,10-15H2,1H3,(H,26,30,32). The molecule has 0 bridgehead atoms. The molecule has 7 nitrogen and oxygen atoms in total. The zero-order valence-corrected chi connectivity index (χ0v) is 18.7. The van der Waals surface area contributed by atoms with Gasteiger partial charge >= 0.3 is 6.03 Å². The number of anilines is 2. The van der Waals surface area contributed by atoms with E-state index in [-0.39, 0.29) is 23.8 Å². The van der Waals surface area contributed by atoms with Gasteiger partial charge in [0.2, 0.25) is 11.8 Å². The van der Waals surface area contributed by atoms with Crippen LogP contribution in [0.15, 0.2) is 42.5 Å². The average molecular weight is 453 g/mol. The third-order valence-corrected chi connectivity index (χ3v) is 7.43. The number of carbonyl (C=O) groups is 3. The summed E-state index contributed by atoms with van der Waals surface area (Å²) in [6, 6.07) is 12.9. The lowest BCUT2D eigenvalue weighted by Gasteiger charge is -2.54. The van der Waals surface area contributed by atoms with Crippen LogP contribution in [-0.4, -0.2) is 55.0 Å². The SMILES string of the molecule is CN1CC(=O)N(c2ccc(-c3cccc(N4CCC(=O)NC4=O)c3Cl)cc2)CC12CCC2. The first kappa shape index (κ1) is 21.0. The number of nitrogens with zero attached hydrogens (tertiary/aromatic N) is 3. The number of nitrogens with one attached hydrogen (secondary N) is 1. The summed E-state index contributed by atoms with van der Waals surface area (Å²) in [6.07, 6.45) is 3.71. The van der Waals surface area contributed by atoms with Gasteiger partial charge in [-0.2, -0.15) is 0 Å². The second kappa shape index (κ2) is 7.90. The number of likely N-dealkylation sites (N-methyl/N-ethyl adjacent to an activating group) is 1. The fourth-order valence-corrected chi connectivity index (χ4v) is 5.22. The molecule has 0 radical (unpaired) electrons. The van der Waals surface area contributed by atoms with E-state index in [0.29, 0.717) is 23.8 Å². The third-order valence-electron chi connectivity index (χ3n) is 7.03. The Balaban J connectivity index is 1.40. The maximum Gasteiger partial charge on any atom is 0.328 e. The van der Waals surface area contributed by atoms with Gasteiger partial charge in [0.25, 0.3) is 0 Å². The van der Waals surface area contributed by atoms with E-state index >= 15 is 0 Å². The van der Waals surface area contributed by atoms with E-state index in [1.807, 2.05) is 48.3 Å². The van der Waals surface area contributed by atoms with Crippen molar-refractivity contribution in [2.75, 3.05) is 36.5 Å². The topological polar surface area (TPSA) is 73.0 Å². The van der Waals surface area contributed by atoms with Crippen LogP contribution in [0.3, 0.4) is 0 Å². The lowest BCUT2D eigenvalue weighted by Crippen LogP contribution is -2.66. The number of halogens is 1. The number of carbonyl (C=O) groups excluding carboxylic acids is 3. The van der Waals surface area contributed by atoms with Gasteiger partial charge in [-0.05, 0) is 50.1 Å². The second-order valence-corrected chi connectivity index (χ2v) is 9.23. The van der Waals surface area contributed by atoms with E-state index in [0.717, 1.165) is 36.2 Å². The number of benzene rings is 2. The smallest absolute Gasteiger partial charge is 0.309 e. The van der Waals surface area contributed by atoms with Gasteiger partial charge in [-0.25, -0.2) is 4.79 Å². The summed E-state index contributed by atoms with van der Waals surface area (Å²) in [7, 11) is 2.05. The fraction of sp³-hybridized carbons (Fsp3) is 0.375. The quantitative estimate of drug-likeness (QED) is 0.771. The Hall–Kier alpha value is -2.90. The largest absolute Gasteiger partial charge is 0.328 e. The van der Waals surface area contributed by atoms with Crippen molar-refractivity contribution in [2.24, 2.45) is 0 Å². The van der Waals surface area contributed by atoms with Crippen LogP contribution in [0.5, 0.6) is 0 Å². The number of hydrogen-bond donors (Lipinski definition) is 1. The predicted molar refractivity (Wildman–Crippen MR) is 124 cm³/mol. The van der Waals surface area contributed by atoms with Gasteiger partial charge in [0.05, 0.1) is 17.3 Å². The molecule has 32 heavy (non-hydrogen) atoms. The van der Waals surface area contributed by atoms with Crippen LogP contribution in [0.2, 0.25) is 5.02 Å². The summed E-state index contributed by atoms with van der Waals surface area (Å²) in [5.41, 5.74) is 3.26. The van der Waals surface area contributed by atoms with Crippen molar-refractivity contribution >= 4 is 40.8 Å². The molecule has 4 amide bonds. The minimum absolute atomic E-state index is 0.112. The van der Waals surface area contributed by atoms with E-state index in [1.165, 1.54) is 11.3 Å². The maximum atomic E-state index is 12.7. The van der Waals surface area contributed by atoms with E-state index in [1.54, 1.807) is 6.07 Å².